The van der Waals surface area contributed by atoms with E-state index in [0.717, 1.165) is 18.4 Å². The van der Waals surface area contributed by atoms with Gasteiger partial charge in [0.15, 0.2) is 0 Å². The largest absolute Gasteiger partial charge is 0.355 e. The molecule has 1 fully saturated rings. The third kappa shape index (κ3) is 3.95. The Hall–Kier alpha value is -2.14. The number of nitrogens with zero attached hydrogens (tertiary/aromatic N) is 3. The number of piperidine rings is 1. The highest BCUT2D eigenvalue weighted by molar-refractivity contribution is 7.89. The van der Waals surface area contributed by atoms with Gasteiger partial charge in [-0.2, -0.15) is 5.26 Å². The first-order valence-corrected chi connectivity index (χ1v) is 8.83. The fourth-order valence-electron chi connectivity index (χ4n) is 2.52. The molecule has 1 saturated heterocycles. The number of aryl methyl sites for hydroxylation is 1. The fraction of sp³-hybridized carbons (Fsp3) is 0.500. The Kier molecular flexibility index (Phi) is 4.66. The van der Waals surface area contributed by atoms with Gasteiger partial charge in [0, 0.05) is 18.8 Å². The van der Waals surface area contributed by atoms with Gasteiger partial charge in [0.25, 0.3) is 0 Å². The topological polar surface area (TPSA) is 103 Å². The first-order chi connectivity index (χ1) is 10.3. The highest BCUT2D eigenvalue weighted by Gasteiger charge is 2.29. The lowest BCUT2D eigenvalue weighted by molar-refractivity contribution is -0.123. The van der Waals surface area contributed by atoms with E-state index >= 15 is 0 Å². The summed E-state index contributed by atoms with van der Waals surface area (Å²) in [5, 5.41) is 9.19. The molecule has 1 aliphatic rings. The van der Waals surface area contributed by atoms with Crippen molar-refractivity contribution >= 4 is 21.7 Å². The number of nitrogens with one attached hydrogen (secondary N) is 1. The fourth-order valence-corrected chi connectivity index (χ4v) is 3.05. The summed E-state index contributed by atoms with van der Waals surface area (Å²) in [6.07, 6.45) is 2.31. The third-order valence-corrected chi connectivity index (χ3v) is 4.08. The first-order valence-electron chi connectivity index (χ1n) is 6.94. The number of hydrogen-bond acceptors (Lipinski definition) is 6. The minimum Gasteiger partial charge on any atom is -0.355 e. The molecular weight excluding hydrogens is 304 g/mol. The van der Waals surface area contributed by atoms with Crippen molar-refractivity contribution in [1.29, 1.82) is 5.26 Å². The van der Waals surface area contributed by atoms with Crippen LogP contribution >= 0.6 is 0 Å². The molecule has 0 bridgehead atoms. The van der Waals surface area contributed by atoms with Crippen LogP contribution in [-0.2, 0) is 14.8 Å². The molecule has 1 aromatic rings. The van der Waals surface area contributed by atoms with Crippen LogP contribution in [-0.4, -0.2) is 38.7 Å². The quantitative estimate of drug-likeness (QED) is 0.872. The van der Waals surface area contributed by atoms with Gasteiger partial charge in [-0.05, 0) is 31.9 Å². The Balaban J connectivity index is 2.19. The maximum atomic E-state index is 12.0. The second-order valence-electron chi connectivity index (χ2n) is 5.46. The number of carbonyl (C=O) groups is 1. The first kappa shape index (κ1) is 16.2. The number of carbonyl (C=O) groups excluding carboxylic acids is 1. The molecule has 1 amide bonds. The number of anilines is 1. The highest BCUT2D eigenvalue weighted by Crippen LogP contribution is 2.25. The molecule has 1 atom stereocenters. The van der Waals surface area contributed by atoms with E-state index in [4.69, 9.17) is 0 Å². The van der Waals surface area contributed by atoms with E-state index in [1.165, 1.54) is 0 Å². The lowest BCUT2D eigenvalue weighted by Crippen LogP contribution is -2.45. The molecule has 2 heterocycles. The predicted molar refractivity (Wildman–Crippen MR) is 81.6 cm³/mol. The zero-order chi connectivity index (χ0) is 16.3. The second kappa shape index (κ2) is 6.32. The van der Waals surface area contributed by atoms with E-state index in [2.05, 4.69) is 11.1 Å². The summed E-state index contributed by atoms with van der Waals surface area (Å²) in [7, 11) is -3.56. The summed E-state index contributed by atoms with van der Waals surface area (Å²) < 4.78 is 24.4. The van der Waals surface area contributed by atoms with Crippen LogP contribution in [0.1, 0.15) is 24.1 Å². The summed E-state index contributed by atoms with van der Waals surface area (Å²) in [6.45, 7) is 2.88. The maximum Gasteiger partial charge on any atom is 0.238 e. The van der Waals surface area contributed by atoms with Crippen LogP contribution in [0.25, 0.3) is 0 Å². The number of hydrogen-bond donors (Lipinski definition) is 1. The van der Waals surface area contributed by atoms with Crippen molar-refractivity contribution in [1.82, 2.24) is 9.71 Å². The molecule has 1 unspecified atom stereocenters. The molecule has 22 heavy (non-hydrogen) atoms. The van der Waals surface area contributed by atoms with Crippen molar-refractivity contribution in [2.24, 2.45) is 5.92 Å². The summed E-state index contributed by atoms with van der Waals surface area (Å²) in [4.78, 5) is 18.3. The van der Waals surface area contributed by atoms with Gasteiger partial charge < -0.3 is 4.90 Å². The van der Waals surface area contributed by atoms with Gasteiger partial charge in [0.2, 0.25) is 15.9 Å². The lowest BCUT2D eigenvalue weighted by Gasteiger charge is -2.33. The summed E-state index contributed by atoms with van der Waals surface area (Å²) >= 11 is 0. The minimum atomic E-state index is -3.56. The van der Waals surface area contributed by atoms with Crippen LogP contribution in [0.5, 0.6) is 0 Å². The van der Waals surface area contributed by atoms with Crippen molar-refractivity contribution in [2.45, 2.75) is 19.8 Å². The number of sulfonamides is 1. The molecule has 0 spiro atoms. The van der Waals surface area contributed by atoms with E-state index in [9.17, 15) is 18.5 Å². The van der Waals surface area contributed by atoms with Gasteiger partial charge in [-0.15, -0.1) is 0 Å². The Morgan fingerprint density at radius 1 is 1.50 bits per heavy atom. The van der Waals surface area contributed by atoms with Crippen LogP contribution in [0.15, 0.2) is 12.1 Å². The second-order valence-corrected chi connectivity index (χ2v) is 7.21. The van der Waals surface area contributed by atoms with E-state index in [0.29, 0.717) is 30.9 Å². The molecule has 8 heteroatoms. The van der Waals surface area contributed by atoms with Gasteiger partial charge in [-0.25, -0.2) is 13.4 Å². The van der Waals surface area contributed by atoms with Crippen molar-refractivity contribution < 1.29 is 13.2 Å². The van der Waals surface area contributed by atoms with Crippen LogP contribution in [0.4, 0.5) is 5.82 Å². The Morgan fingerprint density at radius 3 is 2.86 bits per heavy atom. The Morgan fingerprint density at radius 2 is 2.23 bits per heavy atom. The third-order valence-electron chi connectivity index (χ3n) is 3.51. The molecule has 1 aromatic heterocycles. The molecule has 0 radical (unpaired) electrons. The van der Waals surface area contributed by atoms with E-state index in [1.54, 1.807) is 12.1 Å². The lowest BCUT2D eigenvalue weighted by atomic mass is 9.97. The highest BCUT2D eigenvalue weighted by atomic mass is 32.2. The summed E-state index contributed by atoms with van der Waals surface area (Å²) in [6, 6.07) is 5.57. The molecule has 1 aliphatic heterocycles. The molecule has 2 rings (SSSR count). The van der Waals surface area contributed by atoms with Gasteiger partial charge in [-0.3, -0.25) is 9.52 Å². The number of pyridine rings is 1. The van der Waals surface area contributed by atoms with E-state index in [1.807, 2.05) is 16.5 Å². The predicted octanol–water partition coefficient (Wildman–Crippen LogP) is 0.554. The molecule has 1 N–H and O–H groups in total. The standard InChI is InChI=1S/C14H18N4O3S/c1-10-5-6-11(8-15)13(16-10)18-7-3-4-12(9-18)14(19)17-22(2,20)21/h5-6,12H,3-4,7,9H2,1-2H3,(H,17,19). The monoisotopic (exact) mass is 322 g/mol. The zero-order valence-electron chi connectivity index (χ0n) is 12.5. The molecule has 118 valence electrons. The van der Waals surface area contributed by atoms with E-state index in [-0.39, 0.29) is 0 Å². The van der Waals surface area contributed by atoms with Crippen molar-refractivity contribution in [3.05, 3.63) is 23.4 Å². The average molecular weight is 322 g/mol. The van der Waals surface area contributed by atoms with Crippen LogP contribution < -0.4 is 9.62 Å². The zero-order valence-corrected chi connectivity index (χ0v) is 13.4. The van der Waals surface area contributed by atoms with Crippen LogP contribution in [0.2, 0.25) is 0 Å². The van der Waals surface area contributed by atoms with E-state index < -0.39 is 21.8 Å². The van der Waals surface area contributed by atoms with Gasteiger partial charge in [0.1, 0.15) is 11.9 Å². The summed E-state index contributed by atoms with van der Waals surface area (Å²) in [5.74, 6) is -0.380. The molecule has 0 aliphatic carbocycles. The number of nitriles is 1. The van der Waals surface area contributed by atoms with Crippen LogP contribution in [0.3, 0.4) is 0 Å². The van der Waals surface area contributed by atoms with Gasteiger partial charge >= 0.3 is 0 Å². The molecule has 7 nitrogen and oxygen atoms in total. The van der Waals surface area contributed by atoms with Gasteiger partial charge in [0.05, 0.1) is 17.7 Å². The number of amides is 1. The normalized spacial score (nSPS) is 18.6. The summed E-state index contributed by atoms with van der Waals surface area (Å²) in [5.41, 5.74) is 1.24. The smallest absolute Gasteiger partial charge is 0.238 e. The van der Waals surface area contributed by atoms with Crippen molar-refractivity contribution in [3.63, 3.8) is 0 Å². The SMILES string of the molecule is Cc1ccc(C#N)c(N2CCCC(C(=O)NS(C)(=O)=O)C2)n1. The average Bonchev–Trinajstić information content (AvgIpc) is 2.45. The Labute approximate surface area is 130 Å². The van der Waals surface area contributed by atoms with Crippen molar-refractivity contribution in [2.75, 3.05) is 24.2 Å². The molecule has 0 saturated carbocycles. The van der Waals surface area contributed by atoms with Crippen molar-refractivity contribution in [3.8, 4) is 6.07 Å². The molecule has 0 aromatic carbocycles. The maximum absolute atomic E-state index is 12.0. The number of rotatable bonds is 3. The Bertz CT molecular complexity index is 724. The minimum absolute atomic E-state index is 0.354. The number of aromatic nitrogens is 1. The van der Waals surface area contributed by atoms with Gasteiger partial charge in [-0.1, -0.05) is 0 Å². The molecular formula is C14H18N4O3S. The van der Waals surface area contributed by atoms with Crippen LogP contribution in [0, 0.1) is 24.2 Å².